The first kappa shape index (κ1) is 15.7. The molecule has 0 atom stereocenters. The highest BCUT2D eigenvalue weighted by Gasteiger charge is 2.18. The van der Waals surface area contributed by atoms with Crippen molar-refractivity contribution in [1.82, 2.24) is 10.2 Å². The summed E-state index contributed by atoms with van der Waals surface area (Å²) in [7, 11) is 6.01. The van der Waals surface area contributed by atoms with Gasteiger partial charge in [0.05, 0.1) is 0 Å². The Morgan fingerprint density at radius 2 is 2.05 bits per heavy atom. The summed E-state index contributed by atoms with van der Waals surface area (Å²) in [5, 5.41) is 3.49. The summed E-state index contributed by atoms with van der Waals surface area (Å²) in [5.74, 6) is 1.87. The van der Waals surface area contributed by atoms with Crippen LogP contribution in [0.3, 0.4) is 0 Å². The van der Waals surface area contributed by atoms with E-state index in [0.29, 0.717) is 0 Å². The van der Waals surface area contributed by atoms with Gasteiger partial charge < -0.3 is 15.1 Å². The molecule has 1 N–H and O–H groups in total. The van der Waals surface area contributed by atoms with Gasteiger partial charge in [-0.1, -0.05) is 19.1 Å². The van der Waals surface area contributed by atoms with Crippen LogP contribution in [-0.2, 0) is 6.54 Å². The van der Waals surface area contributed by atoms with Gasteiger partial charge in [-0.3, -0.25) is 4.99 Å². The number of hydrogen-bond donors (Lipinski definition) is 1. The Labute approximate surface area is 128 Å². The van der Waals surface area contributed by atoms with Crippen LogP contribution in [0, 0.1) is 5.92 Å². The van der Waals surface area contributed by atoms with Crippen molar-refractivity contribution in [3.05, 3.63) is 29.8 Å². The van der Waals surface area contributed by atoms with Gasteiger partial charge in [0.15, 0.2) is 5.96 Å². The number of hydrogen-bond acceptors (Lipinski definition) is 2. The van der Waals surface area contributed by atoms with E-state index in [2.05, 4.69) is 65.4 Å². The summed E-state index contributed by atoms with van der Waals surface area (Å²) < 4.78 is 0. The zero-order chi connectivity index (χ0) is 15.2. The molecule has 0 saturated carbocycles. The van der Waals surface area contributed by atoms with E-state index in [1.165, 1.54) is 24.1 Å². The number of likely N-dealkylation sites (tertiary alicyclic amines) is 1. The molecule has 0 unspecified atom stereocenters. The third-order valence-corrected chi connectivity index (χ3v) is 4.17. The van der Waals surface area contributed by atoms with Crippen LogP contribution in [0.5, 0.6) is 0 Å². The van der Waals surface area contributed by atoms with Gasteiger partial charge in [0.25, 0.3) is 0 Å². The van der Waals surface area contributed by atoms with Crippen molar-refractivity contribution in [1.29, 1.82) is 0 Å². The fourth-order valence-corrected chi connectivity index (χ4v) is 2.68. The summed E-state index contributed by atoms with van der Waals surface area (Å²) in [6, 6.07) is 8.62. The lowest BCUT2D eigenvalue weighted by Gasteiger charge is -2.33. The summed E-state index contributed by atoms with van der Waals surface area (Å²) in [6.45, 7) is 5.37. The molecule has 1 aliphatic heterocycles. The molecule has 1 heterocycles. The van der Waals surface area contributed by atoms with E-state index in [0.717, 1.165) is 31.5 Å². The van der Waals surface area contributed by atoms with Crippen molar-refractivity contribution in [2.45, 2.75) is 26.3 Å². The Kier molecular flexibility index (Phi) is 5.48. The Morgan fingerprint density at radius 1 is 1.33 bits per heavy atom. The van der Waals surface area contributed by atoms with Gasteiger partial charge in [-0.05, 0) is 36.5 Å². The third-order valence-electron chi connectivity index (χ3n) is 4.17. The number of benzene rings is 1. The lowest BCUT2D eigenvalue weighted by Crippen LogP contribution is -2.45. The van der Waals surface area contributed by atoms with Crippen LogP contribution in [0.4, 0.5) is 5.69 Å². The van der Waals surface area contributed by atoms with Crippen LogP contribution >= 0.6 is 0 Å². The predicted octanol–water partition coefficient (Wildman–Crippen LogP) is 2.56. The molecule has 0 aliphatic carbocycles. The standard InChI is InChI=1S/C17H28N4/c1-14-8-10-21(11-9-14)17(18-2)19-13-15-6-5-7-16(12-15)20(3)4/h5-7,12,14H,8-11,13H2,1-4H3,(H,18,19). The van der Waals surface area contributed by atoms with E-state index in [9.17, 15) is 0 Å². The van der Waals surface area contributed by atoms with E-state index < -0.39 is 0 Å². The largest absolute Gasteiger partial charge is 0.378 e. The van der Waals surface area contributed by atoms with Gasteiger partial charge in [0.2, 0.25) is 0 Å². The molecule has 1 aliphatic rings. The highest BCUT2D eigenvalue weighted by molar-refractivity contribution is 5.80. The van der Waals surface area contributed by atoms with E-state index in [-0.39, 0.29) is 0 Å². The maximum Gasteiger partial charge on any atom is 0.193 e. The zero-order valence-corrected chi connectivity index (χ0v) is 13.8. The van der Waals surface area contributed by atoms with Crippen LogP contribution in [0.25, 0.3) is 0 Å². The van der Waals surface area contributed by atoms with Gasteiger partial charge in [0, 0.05) is 46.5 Å². The minimum Gasteiger partial charge on any atom is -0.378 e. The van der Waals surface area contributed by atoms with Crippen molar-refractivity contribution in [3.8, 4) is 0 Å². The number of guanidine groups is 1. The van der Waals surface area contributed by atoms with Crippen molar-refractivity contribution < 1.29 is 0 Å². The summed E-state index contributed by atoms with van der Waals surface area (Å²) in [4.78, 5) is 8.93. The van der Waals surface area contributed by atoms with Crippen LogP contribution < -0.4 is 10.2 Å². The number of rotatable bonds is 3. The smallest absolute Gasteiger partial charge is 0.193 e. The molecule has 1 saturated heterocycles. The van der Waals surface area contributed by atoms with Gasteiger partial charge in [-0.15, -0.1) is 0 Å². The van der Waals surface area contributed by atoms with Crippen LogP contribution in [0.1, 0.15) is 25.3 Å². The van der Waals surface area contributed by atoms with E-state index in [1.807, 2.05) is 7.05 Å². The quantitative estimate of drug-likeness (QED) is 0.685. The van der Waals surface area contributed by atoms with Gasteiger partial charge in [-0.25, -0.2) is 0 Å². The molecule has 0 aromatic heterocycles. The number of aliphatic imine (C=N–C) groups is 1. The molecule has 21 heavy (non-hydrogen) atoms. The molecule has 0 spiro atoms. The molecular weight excluding hydrogens is 260 g/mol. The van der Waals surface area contributed by atoms with Crippen LogP contribution in [0.15, 0.2) is 29.3 Å². The molecule has 1 fully saturated rings. The van der Waals surface area contributed by atoms with Crippen molar-refractivity contribution >= 4 is 11.6 Å². The number of anilines is 1. The summed E-state index contributed by atoms with van der Waals surface area (Å²) >= 11 is 0. The van der Waals surface area contributed by atoms with Crippen molar-refractivity contribution in [2.24, 2.45) is 10.9 Å². The van der Waals surface area contributed by atoms with E-state index in [4.69, 9.17) is 0 Å². The molecule has 0 amide bonds. The Bertz CT molecular complexity index is 473. The second-order valence-corrected chi connectivity index (χ2v) is 6.13. The Morgan fingerprint density at radius 3 is 2.67 bits per heavy atom. The molecule has 4 nitrogen and oxygen atoms in total. The van der Waals surface area contributed by atoms with E-state index >= 15 is 0 Å². The Balaban J connectivity index is 1.93. The summed E-state index contributed by atoms with van der Waals surface area (Å²) in [5.41, 5.74) is 2.52. The fourth-order valence-electron chi connectivity index (χ4n) is 2.68. The van der Waals surface area contributed by atoms with Crippen molar-refractivity contribution in [3.63, 3.8) is 0 Å². The first-order valence-corrected chi connectivity index (χ1v) is 7.82. The average Bonchev–Trinajstić information content (AvgIpc) is 2.50. The molecule has 4 heteroatoms. The van der Waals surface area contributed by atoms with Crippen LogP contribution in [0.2, 0.25) is 0 Å². The number of nitrogens with one attached hydrogen (secondary N) is 1. The second-order valence-electron chi connectivity index (χ2n) is 6.13. The fraction of sp³-hybridized carbons (Fsp3) is 0.588. The number of piperidine rings is 1. The number of nitrogens with zero attached hydrogens (tertiary/aromatic N) is 3. The van der Waals surface area contributed by atoms with Crippen LogP contribution in [-0.4, -0.2) is 45.1 Å². The normalized spacial score (nSPS) is 17.0. The SMILES string of the molecule is CN=C(NCc1cccc(N(C)C)c1)N1CCC(C)CC1. The molecule has 1 aromatic rings. The highest BCUT2D eigenvalue weighted by Crippen LogP contribution is 2.16. The third kappa shape index (κ3) is 4.38. The van der Waals surface area contributed by atoms with E-state index in [1.54, 1.807) is 0 Å². The molecule has 1 aromatic carbocycles. The molecule has 0 radical (unpaired) electrons. The zero-order valence-electron chi connectivity index (χ0n) is 13.8. The minimum atomic E-state index is 0.820. The minimum absolute atomic E-state index is 0.820. The lowest BCUT2D eigenvalue weighted by atomic mass is 9.99. The molecule has 0 bridgehead atoms. The average molecular weight is 288 g/mol. The van der Waals surface area contributed by atoms with Gasteiger partial charge >= 0.3 is 0 Å². The molecular formula is C17H28N4. The molecule has 2 rings (SSSR count). The first-order chi connectivity index (χ1) is 10.1. The maximum atomic E-state index is 4.43. The van der Waals surface area contributed by atoms with Gasteiger partial charge in [0.1, 0.15) is 0 Å². The maximum absolute atomic E-state index is 4.43. The molecule has 116 valence electrons. The highest BCUT2D eigenvalue weighted by atomic mass is 15.3. The first-order valence-electron chi connectivity index (χ1n) is 7.82. The predicted molar refractivity (Wildman–Crippen MR) is 90.9 cm³/mol. The topological polar surface area (TPSA) is 30.9 Å². The lowest BCUT2D eigenvalue weighted by molar-refractivity contribution is 0.273. The van der Waals surface area contributed by atoms with Gasteiger partial charge in [-0.2, -0.15) is 0 Å². The monoisotopic (exact) mass is 288 g/mol. The summed E-state index contributed by atoms with van der Waals surface area (Å²) in [6.07, 6.45) is 2.52. The van der Waals surface area contributed by atoms with Crippen molar-refractivity contribution in [2.75, 3.05) is 39.1 Å². The Hall–Kier alpha value is -1.71. The second kappa shape index (κ2) is 7.34.